The Morgan fingerprint density at radius 2 is 1.56 bits per heavy atom. The van der Waals surface area contributed by atoms with E-state index in [2.05, 4.69) is 10.5 Å². The van der Waals surface area contributed by atoms with Crippen molar-refractivity contribution < 1.29 is 24.3 Å². The molecule has 2 amide bonds. The molecule has 0 aromatic heterocycles. The lowest BCUT2D eigenvalue weighted by Crippen LogP contribution is -2.21. The van der Waals surface area contributed by atoms with Gasteiger partial charge >= 0.3 is 0 Å². The third-order valence-corrected chi connectivity index (χ3v) is 3.31. The first-order valence-corrected chi connectivity index (χ1v) is 7.19. The first-order chi connectivity index (χ1) is 12.1. The summed E-state index contributed by atoms with van der Waals surface area (Å²) in [5.41, 5.74) is 4.80. The fraction of sp³-hybridized carbons (Fsp3) is 0.118. The van der Waals surface area contributed by atoms with Crippen LogP contribution in [0.3, 0.4) is 0 Å². The number of carbonyl (C=O) groups is 2. The van der Waals surface area contributed by atoms with Crippen LogP contribution < -0.4 is 20.4 Å². The number of methoxy groups -OCH3 is 2. The van der Waals surface area contributed by atoms with Crippen molar-refractivity contribution >= 4 is 18.0 Å². The second kappa shape index (κ2) is 8.46. The molecular weight excluding hydrogens is 326 g/mol. The Morgan fingerprint density at radius 1 is 1.00 bits per heavy atom. The van der Waals surface area contributed by atoms with Crippen LogP contribution in [0, 0.1) is 0 Å². The third kappa shape index (κ3) is 4.33. The van der Waals surface area contributed by atoms with Crippen molar-refractivity contribution in [1.29, 1.82) is 0 Å². The fourth-order valence-electron chi connectivity index (χ4n) is 2.09. The van der Waals surface area contributed by atoms with E-state index < -0.39 is 11.8 Å². The molecule has 0 unspecified atom stereocenters. The van der Waals surface area contributed by atoms with Gasteiger partial charge < -0.3 is 9.47 Å². The van der Waals surface area contributed by atoms with Crippen LogP contribution in [0.1, 0.15) is 26.3 Å². The maximum atomic E-state index is 12.1. The Labute approximate surface area is 144 Å². The molecule has 8 nitrogen and oxygen atoms in total. The van der Waals surface area contributed by atoms with Crippen LogP contribution in [0.4, 0.5) is 0 Å². The standard InChI is InChI=1S/C17H17N3O5/c1-24-14-7-4-8-15(25-2)13(14)10-18-19-16(21)11-5-3-6-12(9-11)17(22)20-23/h3-10,23H,1-2H3,(H,19,21)(H,20,22)/b18-10+. The minimum absolute atomic E-state index is 0.144. The molecule has 3 N–H and O–H groups in total. The van der Waals surface area contributed by atoms with Gasteiger partial charge in [-0.25, -0.2) is 10.9 Å². The number of carbonyl (C=O) groups excluding carboxylic acids is 2. The van der Waals surface area contributed by atoms with Crippen LogP contribution >= 0.6 is 0 Å². The van der Waals surface area contributed by atoms with Crippen molar-refractivity contribution in [2.45, 2.75) is 0 Å². The molecule has 0 radical (unpaired) electrons. The summed E-state index contributed by atoms with van der Waals surface area (Å²) in [6.45, 7) is 0. The number of amides is 2. The molecule has 0 aliphatic carbocycles. The van der Waals surface area contributed by atoms with Gasteiger partial charge in [0.15, 0.2) is 0 Å². The number of nitrogens with zero attached hydrogens (tertiary/aromatic N) is 1. The monoisotopic (exact) mass is 343 g/mol. The Morgan fingerprint density at radius 3 is 2.12 bits per heavy atom. The maximum Gasteiger partial charge on any atom is 0.274 e. The molecule has 0 atom stereocenters. The molecule has 0 saturated heterocycles. The molecule has 130 valence electrons. The quantitative estimate of drug-likeness (QED) is 0.419. The van der Waals surface area contributed by atoms with E-state index in [1.807, 2.05) is 0 Å². The zero-order valence-corrected chi connectivity index (χ0v) is 13.6. The summed E-state index contributed by atoms with van der Waals surface area (Å²) < 4.78 is 10.5. The van der Waals surface area contributed by atoms with Gasteiger partial charge in [0.2, 0.25) is 0 Å². The second-order valence-electron chi connectivity index (χ2n) is 4.80. The first kappa shape index (κ1) is 18.0. The molecule has 0 heterocycles. The van der Waals surface area contributed by atoms with Crippen LogP contribution in [-0.4, -0.2) is 37.5 Å². The summed E-state index contributed by atoms with van der Waals surface area (Å²) in [5.74, 6) is -0.146. The Balaban J connectivity index is 2.15. The maximum absolute atomic E-state index is 12.1. The summed E-state index contributed by atoms with van der Waals surface area (Å²) in [4.78, 5) is 23.5. The zero-order chi connectivity index (χ0) is 18.2. The van der Waals surface area contributed by atoms with E-state index >= 15 is 0 Å². The number of benzene rings is 2. The molecule has 0 saturated carbocycles. The molecule has 0 aliphatic heterocycles. The Bertz CT molecular complexity index is 782. The van der Waals surface area contributed by atoms with Gasteiger partial charge in [-0.1, -0.05) is 12.1 Å². The second-order valence-corrected chi connectivity index (χ2v) is 4.80. The number of rotatable bonds is 6. The fourth-order valence-corrected chi connectivity index (χ4v) is 2.09. The SMILES string of the molecule is COc1cccc(OC)c1/C=N/NC(=O)c1cccc(C(=O)NO)c1. The number of nitrogens with one attached hydrogen (secondary N) is 2. The highest BCUT2D eigenvalue weighted by Crippen LogP contribution is 2.26. The molecule has 2 rings (SSSR count). The lowest BCUT2D eigenvalue weighted by atomic mass is 10.1. The molecule has 0 spiro atoms. The van der Waals surface area contributed by atoms with Crippen molar-refractivity contribution in [1.82, 2.24) is 10.9 Å². The Kier molecular flexibility index (Phi) is 6.08. The van der Waals surface area contributed by atoms with E-state index in [0.29, 0.717) is 17.1 Å². The number of hydrazone groups is 1. The topological polar surface area (TPSA) is 109 Å². The summed E-state index contributed by atoms with van der Waals surface area (Å²) in [5, 5.41) is 12.5. The van der Waals surface area contributed by atoms with Gasteiger partial charge in [0.05, 0.1) is 26.0 Å². The molecule has 0 aliphatic rings. The number of hydroxylamine groups is 1. The third-order valence-electron chi connectivity index (χ3n) is 3.31. The van der Waals surface area contributed by atoms with E-state index in [4.69, 9.17) is 14.7 Å². The summed E-state index contributed by atoms with van der Waals surface area (Å²) in [6, 6.07) is 11.1. The van der Waals surface area contributed by atoms with Gasteiger partial charge in [0, 0.05) is 11.1 Å². The predicted molar refractivity (Wildman–Crippen MR) is 90.3 cm³/mol. The van der Waals surface area contributed by atoms with Crippen LogP contribution in [0.15, 0.2) is 47.6 Å². The van der Waals surface area contributed by atoms with Crippen molar-refractivity contribution in [2.75, 3.05) is 14.2 Å². The molecule has 2 aromatic rings. The normalized spacial score (nSPS) is 10.4. The van der Waals surface area contributed by atoms with E-state index in [0.717, 1.165) is 0 Å². The Hall–Kier alpha value is -3.39. The van der Waals surface area contributed by atoms with Crippen molar-refractivity contribution in [3.63, 3.8) is 0 Å². The average Bonchev–Trinajstić information content (AvgIpc) is 2.67. The molecule has 25 heavy (non-hydrogen) atoms. The highest BCUT2D eigenvalue weighted by atomic mass is 16.5. The summed E-state index contributed by atoms with van der Waals surface area (Å²) >= 11 is 0. The highest BCUT2D eigenvalue weighted by Gasteiger charge is 2.10. The first-order valence-electron chi connectivity index (χ1n) is 7.19. The van der Waals surface area contributed by atoms with Crippen molar-refractivity contribution in [2.24, 2.45) is 5.10 Å². The van der Waals surface area contributed by atoms with Gasteiger partial charge in [-0.05, 0) is 30.3 Å². The van der Waals surface area contributed by atoms with E-state index in [9.17, 15) is 9.59 Å². The molecule has 8 heteroatoms. The zero-order valence-electron chi connectivity index (χ0n) is 13.6. The average molecular weight is 343 g/mol. The highest BCUT2D eigenvalue weighted by molar-refractivity contribution is 5.99. The lowest BCUT2D eigenvalue weighted by molar-refractivity contribution is 0.0706. The van der Waals surface area contributed by atoms with Gasteiger partial charge in [0.25, 0.3) is 11.8 Å². The van der Waals surface area contributed by atoms with E-state index in [1.165, 1.54) is 50.2 Å². The van der Waals surface area contributed by atoms with Crippen molar-refractivity contribution in [3.05, 3.63) is 59.2 Å². The van der Waals surface area contributed by atoms with E-state index in [1.54, 1.807) is 18.2 Å². The molecule has 0 bridgehead atoms. The number of hydrogen-bond donors (Lipinski definition) is 3. The van der Waals surface area contributed by atoms with Gasteiger partial charge in [0.1, 0.15) is 11.5 Å². The lowest BCUT2D eigenvalue weighted by Gasteiger charge is -2.09. The number of ether oxygens (including phenoxy) is 2. The predicted octanol–water partition coefficient (Wildman–Crippen LogP) is 1.59. The smallest absolute Gasteiger partial charge is 0.274 e. The van der Waals surface area contributed by atoms with E-state index in [-0.39, 0.29) is 11.1 Å². The minimum atomic E-state index is -0.711. The van der Waals surface area contributed by atoms with Crippen molar-refractivity contribution in [3.8, 4) is 11.5 Å². The van der Waals surface area contributed by atoms with Gasteiger partial charge in [-0.15, -0.1) is 0 Å². The minimum Gasteiger partial charge on any atom is -0.496 e. The largest absolute Gasteiger partial charge is 0.496 e. The summed E-state index contributed by atoms with van der Waals surface area (Å²) in [7, 11) is 3.03. The molecule has 0 fully saturated rings. The van der Waals surface area contributed by atoms with Crippen LogP contribution in [0.25, 0.3) is 0 Å². The van der Waals surface area contributed by atoms with Gasteiger partial charge in [-0.3, -0.25) is 14.8 Å². The van der Waals surface area contributed by atoms with Crippen LogP contribution in [0.5, 0.6) is 11.5 Å². The van der Waals surface area contributed by atoms with Crippen LogP contribution in [-0.2, 0) is 0 Å². The molecular formula is C17H17N3O5. The molecule has 2 aromatic carbocycles. The number of hydrogen-bond acceptors (Lipinski definition) is 6. The van der Waals surface area contributed by atoms with Gasteiger partial charge in [-0.2, -0.15) is 5.10 Å². The summed E-state index contributed by atoms with van der Waals surface area (Å²) in [6.07, 6.45) is 1.40. The van der Waals surface area contributed by atoms with Crippen LogP contribution in [0.2, 0.25) is 0 Å².